The molecule has 18 heavy (non-hydrogen) atoms. The average Bonchev–Trinajstić information content (AvgIpc) is 2.72. The molecule has 3 heteroatoms. The highest BCUT2D eigenvalue weighted by atomic mass is 16.3. The highest BCUT2D eigenvalue weighted by molar-refractivity contribution is 5.82. The molecule has 0 bridgehead atoms. The summed E-state index contributed by atoms with van der Waals surface area (Å²) in [7, 11) is 0. The van der Waals surface area contributed by atoms with Crippen LogP contribution >= 0.6 is 0 Å². The lowest BCUT2D eigenvalue weighted by atomic mass is 9.79. The number of nitriles is 1. The molecule has 94 valence electrons. The monoisotopic (exact) mass is 243 g/mol. The summed E-state index contributed by atoms with van der Waals surface area (Å²) in [5.41, 5.74) is 0.689. The molecule has 2 aromatic rings. The Morgan fingerprint density at radius 2 is 2.11 bits per heavy atom. The van der Waals surface area contributed by atoms with Gasteiger partial charge in [0.25, 0.3) is 0 Å². The minimum absolute atomic E-state index is 0.587. The number of rotatable bonds is 3. The first-order valence-electron chi connectivity index (χ1n) is 6.11. The predicted octanol–water partition coefficient (Wildman–Crippen LogP) is 3.71. The first-order valence-corrected chi connectivity index (χ1v) is 6.11. The molecule has 1 aromatic carbocycles. The van der Waals surface area contributed by atoms with Gasteiger partial charge in [-0.2, -0.15) is 5.26 Å². The van der Waals surface area contributed by atoms with Crippen LogP contribution < -0.4 is 0 Å². The average molecular weight is 243 g/mol. The van der Waals surface area contributed by atoms with Crippen LogP contribution in [0.5, 0.6) is 0 Å². The van der Waals surface area contributed by atoms with Gasteiger partial charge in [0.2, 0.25) is 0 Å². The highest BCUT2D eigenvalue weighted by Gasteiger charge is 2.35. The van der Waals surface area contributed by atoms with Crippen molar-refractivity contribution >= 4 is 11.0 Å². The van der Waals surface area contributed by atoms with E-state index in [-0.39, 0.29) is 0 Å². The van der Waals surface area contributed by atoms with Crippen molar-refractivity contribution in [2.24, 2.45) is 5.41 Å². The second kappa shape index (κ2) is 4.47. The van der Waals surface area contributed by atoms with Crippen LogP contribution in [-0.2, 0) is 0 Å². The Hall–Kier alpha value is -1.79. The second-order valence-corrected chi connectivity index (χ2v) is 4.85. The van der Waals surface area contributed by atoms with Gasteiger partial charge < -0.3 is 9.52 Å². The van der Waals surface area contributed by atoms with Crippen LogP contribution in [0.1, 0.15) is 37.7 Å². The maximum absolute atomic E-state index is 10.5. The Morgan fingerprint density at radius 3 is 2.72 bits per heavy atom. The summed E-state index contributed by atoms with van der Waals surface area (Å²) >= 11 is 0. The van der Waals surface area contributed by atoms with Crippen molar-refractivity contribution < 1.29 is 9.52 Å². The molecule has 1 aromatic heterocycles. The van der Waals surface area contributed by atoms with Crippen molar-refractivity contribution in [3.63, 3.8) is 0 Å². The van der Waals surface area contributed by atoms with Gasteiger partial charge >= 0.3 is 0 Å². The molecule has 0 amide bonds. The fraction of sp³-hybridized carbons (Fsp3) is 0.400. The molecule has 3 nitrogen and oxygen atoms in total. The van der Waals surface area contributed by atoms with Crippen LogP contribution in [0.15, 0.2) is 28.7 Å². The van der Waals surface area contributed by atoms with E-state index >= 15 is 0 Å². The van der Waals surface area contributed by atoms with E-state index in [2.05, 4.69) is 6.07 Å². The van der Waals surface area contributed by atoms with Crippen LogP contribution in [-0.4, -0.2) is 5.11 Å². The Balaban J connectivity index is 2.61. The molecule has 1 heterocycles. The van der Waals surface area contributed by atoms with Crippen molar-refractivity contribution in [1.82, 2.24) is 0 Å². The van der Waals surface area contributed by atoms with Gasteiger partial charge in [0.15, 0.2) is 0 Å². The van der Waals surface area contributed by atoms with Crippen molar-refractivity contribution in [2.45, 2.75) is 33.3 Å². The molecule has 2 unspecified atom stereocenters. The van der Waals surface area contributed by atoms with Gasteiger partial charge in [0.1, 0.15) is 17.4 Å². The van der Waals surface area contributed by atoms with Crippen molar-refractivity contribution in [3.05, 3.63) is 35.6 Å². The molecule has 0 saturated heterocycles. The van der Waals surface area contributed by atoms with E-state index in [4.69, 9.17) is 4.42 Å². The first-order chi connectivity index (χ1) is 8.53. The summed E-state index contributed by atoms with van der Waals surface area (Å²) in [6.07, 6.45) is -0.250. The van der Waals surface area contributed by atoms with Crippen LogP contribution in [0, 0.1) is 23.7 Å². The molecule has 2 rings (SSSR count). The summed E-state index contributed by atoms with van der Waals surface area (Å²) in [4.78, 5) is 0. The van der Waals surface area contributed by atoms with Crippen molar-refractivity contribution in [2.75, 3.05) is 0 Å². The molecule has 0 saturated carbocycles. The van der Waals surface area contributed by atoms with Crippen molar-refractivity contribution in [1.29, 1.82) is 5.26 Å². The topological polar surface area (TPSA) is 57.2 Å². The van der Waals surface area contributed by atoms with Crippen LogP contribution in [0.2, 0.25) is 0 Å². The van der Waals surface area contributed by atoms with Crippen LogP contribution in [0.3, 0.4) is 0 Å². The summed E-state index contributed by atoms with van der Waals surface area (Å²) in [5.74, 6) is 0.679. The Kier molecular flexibility index (Phi) is 3.14. The van der Waals surface area contributed by atoms with Gasteiger partial charge in [0.05, 0.1) is 11.5 Å². The third-order valence-corrected chi connectivity index (χ3v) is 3.69. The fourth-order valence-corrected chi connectivity index (χ4v) is 2.18. The predicted molar refractivity (Wildman–Crippen MR) is 69.9 cm³/mol. The fourth-order valence-electron chi connectivity index (χ4n) is 2.18. The highest BCUT2D eigenvalue weighted by Crippen LogP contribution is 2.41. The zero-order valence-corrected chi connectivity index (χ0v) is 10.9. The molecule has 2 atom stereocenters. The molecule has 0 aliphatic carbocycles. The number of benzene rings is 1. The van der Waals surface area contributed by atoms with E-state index in [1.54, 1.807) is 6.92 Å². The van der Waals surface area contributed by atoms with E-state index in [1.807, 2.05) is 38.1 Å². The lowest BCUT2D eigenvalue weighted by Gasteiger charge is -2.26. The minimum atomic E-state index is -0.837. The third-order valence-electron chi connectivity index (χ3n) is 3.69. The number of aliphatic hydroxyl groups is 1. The SMILES string of the molecule is CCC(C)(C#N)C(O)c1c(C)oc2ccccc12. The Morgan fingerprint density at radius 1 is 1.44 bits per heavy atom. The summed E-state index contributed by atoms with van der Waals surface area (Å²) in [6.45, 7) is 5.51. The van der Waals surface area contributed by atoms with E-state index in [1.165, 1.54) is 0 Å². The standard InChI is InChI=1S/C15H17NO2/c1-4-15(3,9-16)14(17)13-10(2)18-12-8-6-5-7-11(12)13/h5-8,14,17H,4H2,1-3H3. The number of para-hydroxylation sites is 1. The molecule has 0 spiro atoms. The minimum Gasteiger partial charge on any atom is -0.461 e. The lowest BCUT2D eigenvalue weighted by Crippen LogP contribution is -2.23. The normalized spacial score (nSPS) is 16.2. The summed E-state index contributed by atoms with van der Waals surface area (Å²) in [5, 5.41) is 20.7. The number of aliphatic hydroxyl groups excluding tert-OH is 1. The van der Waals surface area contributed by atoms with E-state index in [0.29, 0.717) is 12.2 Å². The van der Waals surface area contributed by atoms with Crippen LogP contribution in [0.25, 0.3) is 11.0 Å². The third kappa shape index (κ3) is 1.79. The van der Waals surface area contributed by atoms with Gasteiger partial charge in [-0.3, -0.25) is 0 Å². The van der Waals surface area contributed by atoms with Gasteiger partial charge in [0, 0.05) is 10.9 Å². The quantitative estimate of drug-likeness (QED) is 0.893. The number of aryl methyl sites for hydroxylation is 1. The van der Waals surface area contributed by atoms with E-state index in [0.717, 1.165) is 16.5 Å². The first kappa shape index (κ1) is 12.7. The maximum atomic E-state index is 10.5. The smallest absolute Gasteiger partial charge is 0.134 e. The van der Waals surface area contributed by atoms with Crippen molar-refractivity contribution in [3.8, 4) is 6.07 Å². The Labute approximate surface area is 107 Å². The molecular formula is C15H17NO2. The Bertz CT molecular complexity index is 608. The van der Waals surface area contributed by atoms with E-state index < -0.39 is 11.5 Å². The number of fused-ring (bicyclic) bond motifs is 1. The van der Waals surface area contributed by atoms with E-state index in [9.17, 15) is 10.4 Å². The number of nitrogens with zero attached hydrogens (tertiary/aromatic N) is 1. The molecule has 0 fully saturated rings. The van der Waals surface area contributed by atoms with Gasteiger partial charge in [-0.05, 0) is 26.3 Å². The molecule has 0 aliphatic rings. The number of hydrogen-bond donors (Lipinski definition) is 1. The number of hydrogen-bond acceptors (Lipinski definition) is 3. The van der Waals surface area contributed by atoms with Gasteiger partial charge in [-0.25, -0.2) is 0 Å². The molecule has 1 N–H and O–H groups in total. The van der Waals surface area contributed by atoms with Gasteiger partial charge in [-0.1, -0.05) is 25.1 Å². The van der Waals surface area contributed by atoms with Gasteiger partial charge in [-0.15, -0.1) is 0 Å². The molecule has 0 radical (unpaired) electrons. The maximum Gasteiger partial charge on any atom is 0.134 e. The zero-order chi connectivity index (χ0) is 13.3. The zero-order valence-electron chi connectivity index (χ0n) is 10.9. The largest absolute Gasteiger partial charge is 0.461 e. The summed E-state index contributed by atoms with van der Waals surface area (Å²) in [6, 6.07) is 9.80. The lowest BCUT2D eigenvalue weighted by molar-refractivity contribution is 0.0720. The second-order valence-electron chi connectivity index (χ2n) is 4.85. The summed E-state index contributed by atoms with van der Waals surface area (Å²) < 4.78 is 5.63. The molecule has 0 aliphatic heterocycles. The van der Waals surface area contributed by atoms with Crippen LogP contribution in [0.4, 0.5) is 0 Å². The molecular weight excluding hydrogens is 226 g/mol. The number of furan rings is 1.